The van der Waals surface area contributed by atoms with Crippen LogP contribution in [0.25, 0.3) is 0 Å². The largest absolute Gasteiger partial charge is 0.676 e. The van der Waals surface area contributed by atoms with Crippen molar-refractivity contribution < 1.29 is 75.3 Å². The van der Waals surface area contributed by atoms with Gasteiger partial charge in [-0.2, -0.15) is 0 Å². The molecule has 0 aliphatic carbocycles. The van der Waals surface area contributed by atoms with Gasteiger partial charge in [0.1, 0.15) is 40.6 Å². The number of unbranched alkanes of at least 4 members (excludes halogenated alkanes) is 1. The zero-order valence-electron chi connectivity index (χ0n) is 25.2. The van der Waals surface area contributed by atoms with Crippen LogP contribution >= 0.6 is 0 Å². The lowest BCUT2D eigenvalue weighted by atomic mass is 9.27. The number of nitrogens with zero attached hydrogens (tertiary/aromatic N) is 1. The van der Waals surface area contributed by atoms with Crippen LogP contribution in [0.3, 0.4) is 0 Å². The lowest BCUT2D eigenvalue weighted by molar-refractivity contribution is -0.135. The van der Waals surface area contributed by atoms with Gasteiger partial charge in [-0.3, -0.25) is 9.28 Å². The van der Waals surface area contributed by atoms with Crippen molar-refractivity contribution in [1.82, 2.24) is 4.48 Å². The van der Waals surface area contributed by atoms with E-state index in [0.29, 0.717) is 0 Å². The van der Waals surface area contributed by atoms with Gasteiger partial charge in [-0.25, -0.2) is 65.9 Å². The molecule has 4 aromatic carbocycles. The Morgan fingerprint density at radius 2 is 0.800 bits per heavy atom. The monoisotopic (exact) mass is 733 g/mol. The molecule has 0 N–H and O–H groups in total. The van der Waals surface area contributed by atoms with Crippen LogP contribution in [-0.4, -0.2) is 33.0 Å². The number of quaternary nitrogens is 1. The third-order valence-corrected chi connectivity index (χ3v) is 8.06. The van der Waals surface area contributed by atoms with Crippen LogP contribution in [0.5, 0.6) is 0 Å². The zero-order chi connectivity index (χ0) is 37.6. The van der Waals surface area contributed by atoms with Crippen LogP contribution in [-0.2, 0) is 9.45 Å². The van der Waals surface area contributed by atoms with Crippen LogP contribution in [0.4, 0.5) is 71.5 Å². The van der Waals surface area contributed by atoms with E-state index in [1.807, 2.05) is 0 Å². The molecule has 50 heavy (non-hydrogen) atoms. The quantitative estimate of drug-likeness (QED) is 0.0452. The zero-order valence-corrected chi connectivity index (χ0v) is 25.2. The Kier molecular flexibility index (Phi) is 10.6. The minimum atomic E-state index is -6.40. The van der Waals surface area contributed by atoms with Crippen molar-refractivity contribution >= 4 is 34.4 Å². The van der Waals surface area contributed by atoms with E-state index < -0.39 is 129 Å². The van der Waals surface area contributed by atoms with Crippen molar-refractivity contribution in [3.05, 3.63) is 118 Å². The number of hydrogen-bond acceptors (Lipinski definition) is 2. The lowest BCUT2D eigenvalue weighted by Crippen LogP contribution is -2.75. The molecular weight excluding hydrogens is 714 g/mol. The molecule has 0 unspecified atom stereocenters. The van der Waals surface area contributed by atoms with Gasteiger partial charge in [-0.1, -0.05) is 34.6 Å². The number of para-hydroxylation sites is 1. The summed E-state index contributed by atoms with van der Waals surface area (Å²) in [4.78, 5) is 13.2. The van der Waals surface area contributed by atoms with Gasteiger partial charge >= 0.3 is 0 Å². The molecule has 19 heteroatoms. The molecule has 0 heterocycles. The maximum absolute atomic E-state index is 15.5. The second-order valence-electron chi connectivity index (χ2n) is 11.4. The van der Waals surface area contributed by atoms with Gasteiger partial charge < -0.3 is 4.65 Å². The molecule has 0 spiro atoms. The Labute approximate surface area is 272 Å². The van der Waals surface area contributed by atoms with Crippen LogP contribution in [0, 0.1) is 87.3 Å². The number of halogens is 15. The fraction of sp³-hybridized carbons (Fsp3) is 0.194. The van der Waals surface area contributed by atoms with E-state index in [2.05, 4.69) is 4.65 Å². The Morgan fingerprint density at radius 3 is 1.12 bits per heavy atom. The number of benzene rings is 4. The van der Waals surface area contributed by atoms with E-state index >= 15 is 26.3 Å². The van der Waals surface area contributed by atoms with Crippen LogP contribution in [0.1, 0.15) is 19.3 Å². The average molecular weight is 733 g/mol. The van der Waals surface area contributed by atoms with E-state index in [4.69, 9.17) is 0 Å². The van der Waals surface area contributed by atoms with Crippen molar-refractivity contribution in [2.75, 3.05) is 20.6 Å². The first kappa shape index (κ1) is 38.1. The normalized spacial score (nSPS) is 12.1. The molecule has 0 radical (unpaired) electrons. The molecule has 0 saturated heterocycles. The van der Waals surface area contributed by atoms with Crippen molar-refractivity contribution in [2.24, 2.45) is 0 Å². The fourth-order valence-electron chi connectivity index (χ4n) is 5.54. The number of carbonyl (C=O) groups is 1. The van der Waals surface area contributed by atoms with Gasteiger partial charge in [0, 0.05) is 6.42 Å². The van der Waals surface area contributed by atoms with E-state index in [0.717, 1.165) is 5.69 Å². The van der Waals surface area contributed by atoms with E-state index in [1.165, 1.54) is 0 Å². The predicted molar refractivity (Wildman–Crippen MR) is 148 cm³/mol. The minimum Gasteiger partial charge on any atom is -0.676 e. The second kappa shape index (κ2) is 13.9. The highest BCUT2D eigenvalue weighted by molar-refractivity contribution is 7.08. The Hall–Kier alpha value is -4.68. The van der Waals surface area contributed by atoms with Crippen molar-refractivity contribution in [3.8, 4) is 0 Å². The highest BCUT2D eigenvalue weighted by Gasteiger charge is 2.51. The molecule has 3 nitrogen and oxygen atoms in total. The summed E-state index contributed by atoms with van der Waals surface area (Å²) >= 11 is 0. The molecule has 0 aliphatic rings. The minimum absolute atomic E-state index is 0.0232. The molecule has 0 aliphatic heterocycles. The molecule has 0 atom stereocenters. The van der Waals surface area contributed by atoms with Crippen LogP contribution in [0.15, 0.2) is 30.3 Å². The lowest BCUT2D eigenvalue weighted by Gasteiger charge is -2.44. The molecule has 0 aromatic heterocycles. The average Bonchev–Trinajstić information content (AvgIpc) is 3.08. The molecule has 0 amide bonds. The molecule has 268 valence electrons. The topological polar surface area (TPSA) is 26.3 Å². The summed E-state index contributed by atoms with van der Waals surface area (Å²) < 4.78 is 227. The Balaban J connectivity index is 2.06. The summed E-state index contributed by atoms with van der Waals surface area (Å²) in [5, 5.41) is 0. The Morgan fingerprint density at radius 1 is 0.500 bits per heavy atom. The third-order valence-electron chi connectivity index (χ3n) is 8.06. The summed E-state index contributed by atoms with van der Waals surface area (Å²) in [6.45, 7) is 0.167. The van der Waals surface area contributed by atoms with E-state index in [1.54, 1.807) is 44.4 Å². The van der Waals surface area contributed by atoms with E-state index in [-0.39, 0.29) is 17.4 Å². The standard InChI is InChI=1S/C31H19BF15NO2/c1-48(2,12-8-4-3-5-9-12)11-7-6-10-13(49)50-32(14-17(33)23(39)29(45)24(40)18(14)34,15-19(35)25(41)30(46)26(42)20(15)36)16-21(37)27(43)31(47)28(44)22(16)38/h3-5,8-9H,6-7,10-11H2,1-2H3. The highest BCUT2D eigenvalue weighted by Crippen LogP contribution is 2.29. The summed E-state index contributed by atoms with van der Waals surface area (Å²) in [5.74, 6) is -50.1. The molecule has 0 fully saturated rings. The van der Waals surface area contributed by atoms with Crippen molar-refractivity contribution in [3.63, 3.8) is 0 Å². The highest BCUT2D eigenvalue weighted by atomic mass is 19.2. The summed E-state index contributed by atoms with van der Waals surface area (Å²) in [6, 6.07) is 8.50. The summed E-state index contributed by atoms with van der Waals surface area (Å²) in [7, 11) is 3.38. The Bertz CT molecular complexity index is 1750. The summed E-state index contributed by atoms with van der Waals surface area (Å²) in [6.07, 6.45) is -7.97. The third kappa shape index (κ3) is 6.15. The maximum atomic E-state index is 15.5. The summed E-state index contributed by atoms with van der Waals surface area (Å²) in [5.41, 5.74) is -8.31. The van der Waals surface area contributed by atoms with Crippen LogP contribution < -0.4 is 20.9 Å². The SMILES string of the molecule is C[N+](C)(CCCCC(=O)O[B-](c1c(F)c(F)c(F)c(F)c1F)(c1c(F)c(F)c(F)c(F)c1F)c1c(F)c(F)c(F)c(F)c1F)c1ccccc1. The van der Waals surface area contributed by atoms with Crippen LogP contribution in [0.2, 0.25) is 0 Å². The second-order valence-corrected chi connectivity index (χ2v) is 11.4. The first-order chi connectivity index (χ1) is 23.2. The number of carbonyl (C=O) groups excluding carboxylic acids is 1. The number of hydrogen-bond donors (Lipinski definition) is 0. The molecule has 4 aromatic rings. The molecular formula is C31H19BF15NO2. The smallest absolute Gasteiger partial charge is 0.268 e. The van der Waals surface area contributed by atoms with Gasteiger partial charge in [0.25, 0.3) is 12.3 Å². The predicted octanol–water partition coefficient (Wildman–Crippen LogP) is 6.72. The maximum Gasteiger partial charge on any atom is 0.268 e. The van der Waals surface area contributed by atoms with Gasteiger partial charge in [0.2, 0.25) is 0 Å². The van der Waals surface area contributed by atoms with Gasteiger partial charge in [0.05, 0.1) is 20.6 Å². The molecule has 0 saturated carbocycles. The first-order valence-corrected chi connectivity index (χ1v) is 14.0. The van der Waals surface area contributed by atoms with Gasteiger partial charge in [0.15, 0.2) is 52.4 Å². The van der Waals surface area contributed by atoms with Gasteiger partial charge in [-0.05, 0) is 25.0 Å². The fourth-order valence-corrected chi connectivity index (χ4v) is 5.54. The van der Waals surface area contributed by atoms with Crippen molar-refractivity contribution in [1.29, 1.82) is 0 Å². The molecule has 4 rings (SSSR count). The van der Waals surface area contributed by atoms with Gasteiger partial charge in [-0.15, -0.1) is 0 Å². The molecule has 0 bridgehead atoms. The number of rotatable bonds is 10. The van der Waals surface area contributed by atoms with Crippen molar-refractivity contribution in [2.45, 2.75) is 19.3 Å². The van der Waals surface area contributed by atoms with E-state index in [9.17, 15) is 44.3 Å². The first-order valence-electron chi connectivity index (χ1n) is 14.0.